The maximum absolute atomic E-state index is 10.1. The minimum Gasteiger partial charge on any atom is -0.501 e. The number of methoxy groups -OCH3 is 1. The van der Waals surface area contributed by atoms with Gasteiger partial charge in [0.1, 0.15) is 0 Å². The highest BCUT2D eigenvalue weighted by molar-refractivity contribution is 5.37. The number of aliphatic hydroxyl groups excluding tert-OH is 1. The first kappa shape index (κ1) is 16.4. The molecular formula is C23H34O2. The van der Waals surface area contributed by atoms with E-state index in [1.807, 2.05) is 7.11 Å². The van der Waals surface area contributed by atoms with Gasteiger partial charge in [0.15, 0.2) is 0 Å². The summed E-state index contributed by atoms with van der Waals surface area (Å²) in [6.45, 7) is 5.37. The summed E-state index contributed by atoms with van der Waals surface area (Å²) in [5, 5.41) is 10.1. The smallest absolute Gasteiger partial charge is 0.0959 e. The van der Waals surface area contributed by atoms with E-state index in [1.165, 1.54) is 44.3 Å². The lowest BCUT2D eigenvalue weighted by Crippen LogP contribution is -2.51. The van der Waals surface area contributed by atoms with Crippen molar-refractivity contribution in [3.05, 3.63) is 23.0 Å². The quantitative estimate of drug-likeness (QED) is 0.724. The van der Waals surface area contributed by atoms with Gasteiger partial charge in [-0.3, -0.25) is 0 Å². The molecule has 138 valence electrons. The van der Waals surface area contributed by atoms with Crippen molar-refractivity contribution in [2.24, 2.45) is 40.4 Å². The number of aliphatic hydroxyl groups is 1. The molecule has 0 aromatic rings. The van der Waals surface area contributed by atoms with E-state index in [0.29, 0.717) is 23.4 Å². The molecule has 25 heavy (non-hydrogen) atoms. The Kier molecular flexibility index (Phi) is 3.53. The molecule has 0 heterocycles. The van der Waals surface area contributed by atoms with Crippen LogP contribution in [0.2, 0.25) is 0 Å². The molecule has 2 heteroatoms. The summed E-state index contributed by atoms with van der Waals surface area (Å²) in [6, 6.07) is 0. The van der Waals surface area contributed by atoms with E-state index in [-0.39, 0.29) is 0 Å². The van der Waals surface area contributed by atoms with Crippen LogP contribution in [-0.2, 0) is 4.74 Å². The van der Waals surface area contributed by atoms with Crippen molar-refractivity contribution in [3.8, 4) is 0 Å². The van der Waals surface area contributed by atoms with Crippen molar-refractivity contribution in [2.75, 3.05) is 13.7 Å². The zero-order valence-corrected chi connectivity index (χ0v) is 16.2. The number of allylic oxidation sites excluding steroid dienone is 3. The molecule has 1 spiro atoms. The van der Waals surface area contributed by atoms with Crippen molar-refractivity contribution in [3.63, 3.8) is 0 Å². The standard InChI is InChI=1S/C23H34O2/c1-4-22-8-7-20-19-6-5-18(25-3)10-15(19)9-14(2)21(20)23(22)12-16(23)11-17(22)13-24/h5,14,16-17,20-21,24H,4,6-13H2,1-3H3/t14-,16+,17+,20-,21-,22-,23-/m1/s1. The van der Waals surface area contributed by atoms with Crippen molar-refractivity contribution in [1.29, 1.82) is 0 Å². The molecule has 5 aliphatic carbocycles. The number of fused-ring (bicyclic) bond motifs is 2. The summed E-state index contributed by atoms with van der Waals surface area (Å²) in [7, 11) is 1.82. The van der Waals surface area contributed by atoms with E-state index in [1.54, 1.807) is 11.1 Å². The van der Waals surface area contributed by atoms with Crippen molar-refractivity contribution >= 4 is 0 Å². The molecule has 3 saturated carbocycles. The molecule has 0 amide bonds. The van der Waals surface area contributed by atoms with E-state index in [0.717, 1.165) is 36.5 Å². The van der Waals surface area contributed by atoms with Gasteiger partial charge in [0, 0.05) is 13.0 Å². The van der Waals surface area contributed by atoms with Crippen LogP contribution in [0, 0.1) is 40.4 Å². The number of hydrogen-bond donors (Lipinski definition) is 1. The Morgan fingerprint density at radius 2 is 2.20 bits per heavy atom. The second-order valence-electron chi connectivity index (χ2n) is 9.80. The van der Waals surface area contributed by atoms with Gasteiger partial charge in [-0.15, -0.1) is 0 Å². The van der Waals surface area contributed by atoms with Gasteiger partial charge in [0.05, 0.1) is 12.9 Å². The van der Waals surface area contributed by atoms with Crippen LogP contribution in [0.15, 0.2) is 23.0 Å². The van der Waals surface area contributed by atoms with Gasteiger partial charge in [-0.05, 0) is 91.4 Å². The Morgan fingerprint density at radius 3 is 2.92 bits per heavy atom. The SMILES string of the molecule is CC[C@]12CC[C@@H]3C4=C(CC(OC)=CC4)C[C@@H](C)[C@H]3[C@]13C[C@@H]3C[C@H]2CO. The molecule has 3 fully saturated rings. The van der Waals surface area contributed by atoms with Crippen LogP contribution in [0.25, 0.3) is 0 Å². The number of rotatable bonds is 3. The van der Waals surface area contributed by atoms with E-state index in [2.05, 4.69) is 19.9 Å². The fourth-order valence-electron chi connectivity index (χ4n) is 8.72. The minimum absolute atomic E-state index is 0.422. The first-order chi connectivity index (χ1) is 12.1. The van der Waals surface area contributed by atoms with Crippen LogP contribution in [0.4, 0.5) is 0 Å². The lowest BCUT2D eigenvalue weighted by molar-refractivity contribution is -0.0710. The minimum atomic E-state index is 0.422. The highest BCUT2D eigenvalue weighted by Crippen LogP contribution is 2.84. The molecule has 0 aromatic heterocycles. The molecule has 2 nitrogen and oxygen atoms in total. The Balaban J connectivity index is 1.53. The van der Waals surface area contributed by atoms with Crippen LogP contribution in [0.1, 0.15) is 65.2 Å². The van der Waals surface area contributed by atoms with E-state index in [9.17, 15) is 5.11 Å². The molecule has 0 radical (unpaired) electrons. The van der Waals surface area contributed by atoms with Crippen LogP contribution in [0.5, 0.6) is 0 Å². The molecule has 0 bridgehead atoms. The fraction of sp³-hybridized carbons (Fsp3) is 0.826. The van der Waals surface area contributed by atoms with Crippen molar-refractivity contribution in [2.45, 2.75) is 65.2 Å². The average Bonchev–Trinajstić information content (AvgIpc) is 3.27. The van der Waals surface area contributed by atoms with Gasteiger partial charge in [0.2, 0.25) is 0 Å². The molecule has 1 N–H and O–H groups in total. The summed E-state index contributed by atoms with van der Waals surface area (Å²) in [5.41, 5.74) is 4.52. The average molecular weight is 343 g/mol. The van der Waals surface area contributed by atoms with E-state index >= 15 is 0 Å². The van der Waals surface area contributed by atoms with Gasteiger partial charge >= 0.3 is 0 Å². The summed E-state index contributed by atoms with van der Waals surface area (Å²) in [5.74, 6) is 5.16. The predicted octanol–water partition coefficient (Wildman–Crippen LogP) is 5.09. The third-order valence-corrected chi connectivity index (χ3v) is 9.49. The first-order valence-electron chi connectivity index (χ1n) is 10.7. The fourth-order valence-corrected chi connectivity index (χ4v) is 8.72. The summed E-state index contributed by atoms with van der Waals surface area (Å²) < 4.78 is 5.57. The monoisotopic (exact) mass is 342 g/mol. The van der Waals surface area contributed by atoms with Gasteiger partial charge in [-0.1, -0.05) is 25.0 Å². The first-order valence-corrected chi connectivity index (χ1v) is 10.7. The lowest BCUT2D eigenvalue weighted by atomic mass is 9.47. The molecule has 0 unspecified atom stereocenters. The Bertz CT molecular complexity index is 646. The molecule has 0 aromatic carbocycles. The second-order valence-corrected chi connectivity index (χ2v) is 9.80. The maximum atomic E-state index is 10.1. The molecule has 5 aliphatic rings. The van der Waals surface area contributed by atoms with Gasteiger partial charge in [0.25, 0.3) is 0 Å². The van der Waals surface area contributed by atoms with Gasteiger partial charge < -0.3 is 9.84 Å². The summed E-state index contributed by atoms with van der Waals surface area (Å²) >= 11 is 0. The van der Waals surface area contributed by atoms with Gasteiger partial charge in [-0.2, -0.15) is 0 Å². The molecular weight excluding hydrogens is 308 g/mol. The summed E-state index contributed by atoms with van der Waals surface area (Å²) in [6.07, 6.45) is 12.6. The summed E-state index contributed by atoms with van der Waals surface area (Å²) in [4.78, 5) is 0. The number of hydrogen-bond acceptors (Lipinski definition) is 2. The highest BCUT2D eigenvalue weighted by Gasteiger charge is 2.78. The molecule has 0 aliphatic heterocycles. The van der Waals surface area contributed by atoms with Crippen LogP contribution >= 0.6 is 0 Å². The third-order valence-electron chi connectivity index (χ3n) is 9.49. The number of ether oxygens (including phenoxy) is 1. The lowest BCUT2D eigenvalue weighted by Gasteiger charge is -2.57. The Labute approximate surface area is 152 Å². The van der Waals surface area contributed by atoms with Crippen molar-refractivity contribution < 1.29 is 9.84 Å². The van der Waals surface area contributed by atoms with Gasteiger partial charge in [-0.25, -0.2) is 0 Å². The normalized spacial score (nSPS) is 50.4. The van der Waals surface area contributed by atoms with E-state index in [4.69, 9.17) is 4.74 Å². The second kappa shape index (κ2) is 5.38. The highest BCUT2D eigenvalue weighted by atomic mass is 16.5. The van der Waals surface area contributed by atoms with Crippen molar-refractivity contribution in [1.82, 2.24) is 0 Å². The van der Waals surface area contributed by atoms with Crippen LogP contribution in [0.3, 0.4) is 0 Å². The zero-order valence-electron chi connectivity index (χ0n) is 16.2. The topological polar surface area (TPSA) is 29.5 Å². The molecule has 7 atom stereocenters. The maximum Gasteiger partial charge on any atom is 0.0959 e. The largest absolute Gasteiger partial charge is 0.501 e. The van der Waals surface area contributed by atoms with Crippen LogP contribution in [-0.4, -0.2) is 18.8 Å². The zero-order chi connectivity index (χ0) is 17.4. The van der Waals surface area contributed by atoms with E-state index < -0.39 is 0 Å². The molecule has 0 saturated heterocycles. The predicted molar refractivity (Wildman–Crippen MR) is 99.8 cm³/mol. The Morgan fingerprint density at radius 1 is 1.36 bits per heavy atom. The third kappa shape index (κ3) is 1.85. The van der Waals surface area contributed by atoms with Crippen LogP contribution < -0.4 is 0 Å². The Hall–Kier alpha value is -0.760. The molecule has 5 rings (SSSR count).